The van der Waals surface area contributed by atoms with Gasteiger partial charge in [0.2, 0.25) is 0 Å². The third kappa shape index (κ3) is 5.11. The van der Waals surface area contributed by atoms with Gasteiger partial charge in [0.15, 0.2) is 0 Å². The van der Waals surface area contributed by atoms with Crippen molar-refractivity contribution in [1.29, 1.82) is 0 Å². The molecule has 4 nitrogen and oxygen atoms in total. The molecule has 0 N–H and O–H groups in total. The summed E-state index contributed by atoms with van der Waals surface area (Å²) in [5.41, 5.74) is 2.20. The highest BCUT2D eigenvalue weighted by Gasteiger charge is 2.35. The minimum Gasteiger partial charge on any atom is -0.488 e. The Labute approximate surface area is 227 Å². The second-order valence-corrected chi connectivity index (χ2v) is 10.3. The van der Waals surface area contributed by atoms with E-state index >= 15 is 0 Å². The Morgan fingerprint density at radius 1 is 0.833 bits per heavy atom. The lowest BCUT2D eigenvalue weighted by Gasteiger charge is -2.14. The van der Waals surface area contributed by atoms with Gasteiger partial charge in [-0.1, -0.05) is 89.4 Å². The first-order valence-corrected chi connectivity index (χ1v) is 12.9. The molecule has 2 amide bonds. The Bertz CT molecular complexity index is 1540. The number of imide groups is 1. The van der Waals surface area contributed by atoms with Crippen molar-refractivity contribution in [2.24, 2.45) is 0 Å². The highest BCUT2D eigenvalue weighted by atomic mass is 35.5. The number of amides is 2. The quantitative estimate of drug-likeness (QED) is 0.224. The Kier molecular flexibility index (Phi) is 7.26. The molecule has 36 heavy (non-hydrogen) atoms. The van der Waals surface area contributed by atoms with Gasteiger partial charge in [-0.15, -0.1) is 0 Å². The number of thioether (sulfide) groups is 1. The van der Waals surface area contributed by atoms with Crippen molar-refractivity contribution < 1.29 is 14.3 Å². The average molecular weight is 555 g/mol. The van der Waals surface area contributed by atoms with Crippen molar-refractivity contribution in [3.8, 4) is 5.75 Å². The Hall–Kier alpha value is -2.96. The molecule has 1 heterocycles. The van der Waals surface area contributed by atoms with Crippen molar-refractivity contribution >= 4 is 74.6 Å². The van der Waals surface area contributed by atoms with E-state index < -0.39 is 0 Å². The van der Waals surface area contributed by atoms with Crippen molar-refractivity contribution in [2.45, 2.75) is 13.2 Å². The van der Waals surface area contributed by atoms with Crippen LogP contribution in [-0.4, -0.2) is 16.0 Å². The molecular formula is C28H18Cl3NO3S. The summed E-state index contributed by atoms with van der Waals surface area (Å²) < 4.78 is 6.16. The van der Waals surface area contributed by atoms with Gasteiger partial charge in [-0.25, -0.2) is 0 Å². The van der Waals surface area contributed by atoms with Gasteiger partial charge in [0.25, 0.3) is 11.1 Å². The average Bonchev–Trinajstić information content (AvgIpc) is 3.13. The topological polar surface area (TPSA) is 46.6 Å². The molecule has 180 valence electrons. The van der Waals surface area contributed by atoms with Crippen LogP contribution in [0.5, 0.6) is 5.75 Å². The SMILES string of the molecule is O=C1S/C(=C\c2c(OCc3ccccc3Cl)ccc3ccccc23)C(=O)N1Cc1ccc(Cl)cc1Cl. The van der Waals surface area contributed by atoms with Crippen LogP contribution in [0.1, 0.15) is 16.7 Å². The minimum absolute atomic E-state index is 0.0589. The Balaban J connectivity index is 1.49. The molecule has 4 aromatic rings. The van der Waals surface area contributed by atoms with Gasteiger partial charge in [0.1, 0.15) is 12.4 Å². The van der Waals surface area contributed by atoms with Crippen LogP contribution in [0.3, 0.4) is 0 Å². The molecule has 0 radical (unpaired) electrons. The maximum absolute atomic E-state index is 13.3. The number of fused-ring (bicyclic) bond motifs is 1. The first-order valence-electron chi connectivity index (χ1n) is 11.0. The highest BCUT2D eigenvalue weighted by molar-refractivity contribution is 8.18. The van der Waals surface area contributed by atoms with E-state index in [1.165, 1.54) is 4.90 Å². The van der Waals surface area contributed by atoms with E-state index in [9.17, 15) is 9.59 Å². The van der Waals surface area contributed by atoms with Crippen LogP contribution >= 0.6 is 46.6 Å². The number of rotatable bonds is 6. The van der Waals surface area contributed by atoms with E-state index in [-0.39, 0.29) is 24.3 Å². The first-order chi connectivity index (χ1) is 17.4. The van der Waals surface area contributed by atoms with Crippen LogP contribution in [0.15, 0.2) is 83.8 Å². The van der Waals surface area contributed by atoms with Crippen LogP contribution in [0.4, 0.5) is 4.79 Å². The molecule has 0 bridgehead atoms. The molecule has 0 unspecified atom stereocenters. The summed E-state index contributed by atoms with van der Waals surface area (Å²) in [6.07, 6.45) is 1.72. The van der Waals surface area contributed by atoms with Crippen LogP contribution in [-0.2, 0) is 17.9 Å². The monoisotopic (exact) mass is 553 g/mol. The lowest BCUT2D eigenvalue weighted by atomic mass is 10.0. The number of carbonyl (C=O) groups is 2. The standard InChI is InChI=1S/C28H18Cl3NO3S/c29-20-11-9-18(24(31)13-20)15-32-27(33)26(36-28(32)34)14-22-21-7-3-1-5-17(21)10-12-25(22)35-16-19-6-2-4-8-23(19)30/h1-14H,15-16H2/b26-14-. The number of benzene rings is 4. The zero-order valence-electron chi connectivity index (χ0n) is 18.7. The predicted octanol–water partition coefficient (Wildman–Crippen LogP) is 8.62. The van der Waals surface area contributed by atoms with E-state index in [2.05, 4.69) is 0 Å². The van der Waals surface area contributed by atoms with Crippen molar-refractivity contribution in [1.82, 2.24) is 4.90 Å². The van der Waals surface area contributed by atoms with Crippen LogP contribution in [0, 0.1) is 0 Å². The molecule has 0 aliphatic carbocycles. The first kappa shape index (κ1) is 24.7. The van der Waals surface area contributed by atoms with Gasteiger partial charge in [-0.2, -0.15) is 0 Å². The number of carbonyl (C=O) groups excluding carboxylic acids is 2. The van der Waals surface area contributed by atoms with Gasteiger partial charge >= 0.3 is 0 Å². The Morgan fingerprint density at radius 2 is 1.61 bits per heavy atom. The van der Waals surface area contributed by atoms with Crippen molar-refractivity contribution in [3.05, 3.63) is 116 Å². The molecule has 8 heteroatoms. The molecule has 5 rings (SSSR count). The molecule has 1 saturated heterocycles. The summed E-state index contributed by atoms with van der Waals surface area (Å²) >= 11 is 19.4. The molecule has 4 aromatic carbocycles. The fourth-order valence-electron chi connectivity index (χ4n) is 3.91. The molecular weight excluding hydrogens is 537 g/mol. The van der Waals surface area contributed by atoms with Crippen molar-refractivity contribution in [3.63, 3.8) is 0 Å². The molecule has 0 atom stereocenters. The predicted molar refractivity (Wildman–Crippen MR) is 148 cm³/mol. The summed E-state index contributed by atoms with van der Waals surface area (Å²) in [4.78, 5) is 27.5. The lowest BCUT2D eigenvalue weighted by molar-refractivity contribution is -0.123. The Morgan fingerprint density at radius 3 is 2.42 bits per heavy atom. The summed E-state index contributed by atoms with van der Waals surface area (Å²) in [6, 6.07) is 24.1. The van der Waals surface area contributed by atoms with E-state index in [1.54, 1.807) is 24.3 Å². The third-order valence-electron chi connectivity index (χ3n) is 5.76. The second-order valence-electron chi connectivity index (χ2n) is 8.08. The molecule has 1 aliphatic rings. The molecule has 0 spiro atoms. The maximum atomic E-state index is 13.3. The van der Waals surface area contributed by atoms with E-state index in [0.29, 0.717) is 31.3 Å². The normalized spacial score (nSPS) is 14.8. The largest absolute Gasteiger partial charge is 0.488 e. The number of nitrogens with zero attached hydrogens (tertiary/aromatic N) is 1. The molecule has 1 fully saturated rings. The van der Waals surface area contributed by atoms with Crippen LogP contribution < -0.4 is 4.74 Å². The van der Waals surface area contributed by atoms with Gasteiger partial charge in [0.05, 0.1) is 11.4 Å². The lowest BCUT2D eigenvalue weighted by Crippen LogP contribution is -2.27. The van der Waals surface area contributed by atoms with E-state index in [0.717, 1.165) is 33.7 Å². The van der Waals surface area contributed by atoms with Gasteiger partial charge in [-0.3, -0.25) is 14.5 Å². The molecule has 1 aliphatic heterocycles. The third-order valence-corrected chi connectivity index (χ3v) is 7.63. The smallest absolute Gasteiger partial charge is 0.293 e. The molecule has 0 saturated carbocycles. The van der Waals surface area contributed by atoms with Crippen molar-refractivity contribution in [2.75, 3.05) is 0 Å². The van der Waals surface area contributed by atoms with Crippen LogP contribution in [0.25, 0.3) is 16.8 Å². The zero-order valence-corrected chi connectivity index (χ0v) is 21.8. The molecule has 0 aromatic heterocycles. The van der Waals surface area contributed by atoms with Crippen LogP contribution in [0.2, 0.25) is 15.1 Å². The van der Waals surface area contributed by atoms with Gasteiger partial charge < -0.3 is 4.74 Å². The summed E-state index contributed by atoms with van der Waals surface area (Å²) in [7, 11) is 0. The number of hydrogen-bond donors (Lipinski definition) is 0. The summed E-state index contributed by atoms with van der Waals surface area (Å²) in [6.45, 7) is 0.318. The summed E-state index contributed by atoms with van der Waals surface area (Å²) in [5.74, 6) is 0.196. The fraction of sp³-hybridized carbons (Fsp3) is 0.0714. The van der Waals surface area contributed by atoms with Gasteiger partial charge in [0, 0.05) is 26.2 Å². The van der Waals surface area contributed by atoms with E-state index in [4.69, 9.17) is 39.5 Å². The van der Waals surface area contributed by atoms with E-state index in [1.807, 2.05) is 60.7 Å². The zero-order chi connectivity index (χ0) is 25.2. The highest BCUT2D eigenvalue weighted by Crippen LogP contribution is 2.38. The minimum atomic E-state index is -0.388. The second kappa shape index (κ2) is 10.6. The number of hydrogen-bond acceptors (Lipinski definition) is 4. The number of ether oxygens (including phenoxy) is 1. The summed E-state index contributed by atoms with van der Waals surface area (Å²) in [5, 5.41) is 3.02. The van der Waals surface area contributed by atoms with Gasteiger partial charge in [-0.05, 0) is 58.4 Å². The number of halogens is 3. The maximum Gasteiger partial charge on any atom is 0.293 e. The fourth-order valence-corrected chi connectivity index (χ4v) is 5.39.